The minimum absolute atomic E-state index is 0.0540. The molecule has 1 aromatic heterocycles. The Labute approximate surface area is 112 Å². The fraction of sp³-hybridized carbons (Fsp3) is 0.538. The van der Waals surface area contributed by atoms with Crippen molar-refractivity contribution in [3.05, 3.63) is 23.0 Å². The van der Waals surface area contributed by atoms with Crippen molar-refractivity contribution in [1.29, 1.82) is 0 Å². The third kappa shape index (κ3) is 3.13. The number of nitrogens with zero attached hydrogens (tertiary/aromatic N) is 2. The number of anilines is 1. The number of nitrogen functional groups attached to an aromatic ring is 1. The summed E-state index contributed by atoms with van der Waals surface area (Å²) in [6, 6.07) is 1.61. The molecule has 1 fully saturated rings. The van der Waals surface area contributed by atoms with Gasteiger partial charge in [-0.05, 0) is 18.9 Å². The van der Waals surface area contributed by atoms with E-state index in [1.54, 1.807) is 6.07 Å². The molecule has 98 valence electrons. The summed E-state index contributed by atoms with van der Waals surface area (Å²) in [5.74, 6) is -0.0540. The van der Waals surface area contributed by atoms with Gasteiger partial charge in [0.25, 0.3) is 5.91 Å². The molecule has 2 N–H and O–H groups in total. The van der Waals surface area contributed by atoms with Crippen LogP contribution in [0.25, 0.3) is 0 Å². The van der Waals surface area contributed by atoms with E-state index >= 15 is 0 Å². The van der Waals surface area contributed by atoms with Crippen molar-refractivity contribution in [2.45, 2.75) is 32.1 Å². The molecule has 0 spiro atoms. The maximum Gasteiger partial charge on any atom is 0.257 e. The number of hydrogen-bond acceptors (Lipinski definition) is 3. The largest absolute Gasteiger partial charge is 0.397 e. The molecule has 0 radical (unpaired) electrons. The van der Waals surface area contributed by atoms with Gasteiger partial charge in [-0.3, -0.25) is 4.79 Å². The van der Waals surface area contributed by atoms with Crippen LogP contribution in [0, 0.1) is 0 Å². The zero-order valence-corrected chi connectivity index (χ0v) is 11.1. The summed E-state index contributed by atoms with van der Waals surface area (Å²) in [6.07, 6.45) is 7.22. The molecule has 0 saturated carbocycles. The lowest BCUT2D eigenvalue weighted by Crippen LogP contribution is -2.34. The van der Waals surface area contributed by atoms with E-state index in [1.165, 1.54) is 25.5 Å². The van der Waals surface area contributed by atoms with Crippen molar-refractivity contribution in [1.82, 2.24) is 9.88 Å². The van der Waals surface area contributed by atoms with Crippen molar-refractivity contribution in [2.24, 2.45) is 0 Å². The van der Waals surface area contributed by atoms with Crippen molar-refractivity contribution < 1.29 is 4.79 Å². The molecule has 5 heteroatoms. The molecule has 18 heavy (non-hydrogen) atoms. The lowest BCUT2D eigenvalue weighted by molar-refractivity contribution is 0.0742. The number of pyridine rings is 1. The number of nitrogens with two attached hydrogens (primary N) is 1. The quantitative estimate of drug-likeness (QED) is 0.796. The molecule has 1 saturated heterocycles. The molecule has 1 aliphatic heterocycles. The van der Waals surface area contributed by atoms with Gasteiger partial charge in [0, 0.05) is 13.1 Å². The predicted molar refractivity (Wildman–Crippen MR) is 72.6 cm³/mol. The maximum atomic E-state index is 12.4. The second kappa shape index (κ2) is 6.05. The SMILES string of the molecule is Nc1cnc(Cl)c(C(=O)N2CCCCCCC2)c1. The molecule has 0 bridgehead atoms. The third-order valence-electron chi connectivity index (χ3n) is 3.23. The number of carbonyl (C=O) groups is 1. The summed E-state index contributed by atoms with van der Waals surface area (Å²) in [4.78, 5) is 18.2. The van der Waals surface area contributed by atoms with Gasteiger partial charge in [0.15, 0.2) is 0 Å². The highest BCUT2D eigenvalue weighted by Crippen LogP contribution is 2.19. The third-order valence-corrected chi connectivity index (χ3v) is 3.54. The summed E-state index contributed by atoms with van der Waals surface area (Å²) in [5.41, 5.74) is 6.54. The first-order valence-corrected chi connectivity index (χ1v) is 6.76. The van der Waals surface area contributed by atoms with Crippen molar-refractivity contribution in [2.75, 3.05) is 18.8 Å². The molecule has 2 rings (SSSR count). The van der Waals surface area contributed by atoms with Crippen LogP contribution in [-0.2, 0) is 0 Å². The topological polar surface area (TPSA) is 59.2 Å². The summed E-state index contributed by atoms with van der Waals surface area (Å²) in [6.45, 7) is 1.59. The number of halogens is 1. The van der Waals surface area contributed by atoms with E-state index in [4.69, 9.17) is 17.3 Å². The molecular weight excluding hydrogens is 250 g/mol. The number of amides is 1. The Kier molecular flexibility index (Phi) is 4.42. The average Bonchev–Trinajstić information content (AvgIpc) is 2.31. The predicted octanol–water partition coefficient (Wildman–Crippen LogP) is 2.72. The fourth-order valence-corrected chi connectivity index (χ4v) is 2.42. The monoisotopic (exact) mass is 267 g/mol. The van der Waals surface area contributed by atoms with E-state index < -0.39 is 0 Å². The standard InChI is InChI=1S/C13H18ClN3O/c14-12-11(8-10(15)9-16-12)13(18)17-6-4-2-1-3-5-7-17/h8-9H,1-7,15H2. The first-order chi connectivity index (χ1) is 8.68. The van der Waals surface area contributed by atoms with Crippen LogP contribution in [0.4, 0.5) is 5.69 Å². The van der Waals surface area contributed by atoms with E-state index in [9.17, 15) is 4.79 Å². The number of aromatic nitrogens is 1. The zero-order valence-electron chi connectivity index (χ0n) is 10.4. The van der Waals surface area contributed by atoms with E-state index in [-0.39, 0.29) is 11.1 Å². The smallest absolute Gasteiger partial charge is 0.257 e. The first kappa shape index (κ1) is 13.1. The molecular formula is C13H18ClN3O. The van der Waals surface area contributed by atoms with Gasteiger partial charge in [-0.15, -0.1) is 0 Å². The Morgan fingerprint density at radius 2 is 1.83 bits per heavy atom. The average molecular weight is 268 g/mol. The Balaban J connectivity index is 2.15. The summed E-state index contributed by atoms with van der Waals surface area (Å²) >= 11 is 5.97. The normalized spacial score (nSPS) is 17.1. The molecule has 0 aliphatic carbocycles. The lowest BCUT2D eigenvalue weighted by Gasteiger charge is -2.25. The highest BCUT2D eigenvalue weighted by Gasteiger charge is 2.19. The number of likely N-dealkylation sites (tertiary alicyclic amines) is 1. The van der Waals surface area contributed by atoms with E-state index in [0.29, 0.717) is 11.3 Å². The van der Waals surface area contributed by atoms with Crippen LogP contribution in [0.5, 0.6) is 0 Å². The van der Waals surface area contributed by atoms with Crippen LogP contribution < -0.4 is 5.73 Å². The van der Waals surface area contributed by atoms with Crippen molar-refractivity contribution >= 4 is 23.2 Å². The van der Waals surface area contributed by atoms with Gasteiger partial charge in [0.05, 0.1) is 17.4 Å². The zero-order chi connectivity index (χ0) is 13.0. The van der Waals surface area contributed by atoms with Gasteiger partial charge in [0.1, 0.15) is 5.15 Å². The first-order valence-electron chi connectivity index (χ1n) is 6.39. The highest BCUT2D eigenvalue weighted by molar-refractivity contribution is 6.32. The minimum Gasteiger partial charge on any atom is -0.397 e. The Morgan fingerprint density at radius 1 is 1.22 bits per heavy atom. The van der Waals surface area contributed by atoms with Crippen LogP contribution in [0.1, 0.15) is 42.5 Å². The van der Waals surface area contributed by atoms with Gasteiger partial charge >= 0.3 is 0 Å². The number of rotatable bonds is 1. The molecule has 4 nitrogen and oxygen atoms in total. The number of carbonyl (C=O) groups excluding carboxylic acids is 1. The van der Waals surface area contributed by atoms with Crippen LogP contribution >= 0.6 is 11.6 Å². The summed E-state index contributed by atoms with van der Waals surface area (Å²) in [5, 5.41) is 0.233. The van der Waals surface area contributed by atoms with Gasteiger partial charge in [0.2, 0.25) is 0 Å². The lowest BCUT2D eigenvalue weighted by atomic mass is 10.1. The molecule has 2 heterocycles. The van der Waals surface area contributed by atoms with Gasteiger partial charge < -0.3 is 10.6 Å². The molecule has 0 atom stereocenters. The Morgan fingerprint density at radius 3 is 2.50 bits per heavy atom. The molecule has 1 amide bonds. The van der Waals surface area contributed by atoms with Crippen molar-refractivity contribution in [3.63, 3.8) is 0 Å². The molecule has 1 aromatic rings. The second-order valence-corrected chi connectivity index (χ2v) is 5.03. The van der Waals surface area contributed by atoms with Crippen molar-refractivity contribution in [3.8, 4) is 0 Å². The van der Waals surface area contributed by atoms with Crippen LogP contribution in [-0.4, -0.2) is 28.9 Å². The minimum atomic E-state index is -0.0540. The fourth-order valence-electron chi connectivity index (χ4n) is 2.24. The van der Waals surface area contributed by atoms with Crippen LogP contribution in [0.3, 0.4) is 0 Å². The molecule has 1 aliphatic rings. The summed E-state index contributed by atoms with van der Waals surface area (Å²) in [7, 11) is 0. The van der Waals surface area contributed by atoms with E-state index in [2.05, 4.69) is 4.98 Å². The Hall–Kier alpha value is -1.29. The highest BCUT2D eigenvalue weighted by atomic mass is 35.5. The van der Waals surface area contributed by atoms with Gasteiger partial charge in [-0.1, -0.05) is 30.9 Å². The second-order valence-electron chi connectivity index (χ2n) is 4.67. The van der Waals surface area contributed by atoms with E-state index in [1.807, 2.05) is 4.90 Å². The van der Waals surface area contributed by atoms with Crippen LogP contribution in [0.15, 0.2) is 12.3 Å². The van der Waals surface area contributed by atoms with E-state index in [0.717, 1.165) is 25.9 Å². The van der Waals surface area contributed by atoms with Crippen LogP contribution in [0.2, 0.25) is 5.15 Å². The maximum absolute atomic E-state index is 12.4. The van der Waals surface area contributed by atoms with Gasteiger partial charge in [-0.2, -0.15) is 0 Å². The Bertz CT molecular complexity index is 428. The molecule has 0 unspecified atom stereocenters. The number of hydrogen-bond donors (Lipinski definition) is 1. The molecule has 0 aromatic carbocycles. The van der Waals surface area contributed by atoms with Gasteiger partial charge in [-0.25, -0.2) is 4.98 Å². The summed E-state index contributed by atoms with van der Waals surface area (Å²) < 4.78 is 0.